The monoisotopic (exact) mass is 583 g/mol. The first kappa shape index (κ1) is 27.5. The van der Waals surface area contributed by atoms with Crippen LogP contribution in [-0.4, -0.2) is 50.0 Å². The van der Waals surface area contributed by atoms with Gasteiger partial charge in [0.15, 0.2) is 0 Å². The molecule has 2 aromatic carbocycles. The smallest absolute Gasteiger partial charge is 0.244 e. The number of hydrogen-bond acceptors (Lipinski definition) is 4. The lowest BCUT2D eigenvalue weighted by atomic mass is 10.1. The van der Waals surface area contributed by atoms with Gasteiger partial charge in [0.05, 0.1) is 11.9 Å². The summed E-state index contributed by atoms with van der Waals surface area (Å²) in [5.41, 5.74) is 1.05. The molecule has 2 aromatic rings. The molecule has 1 aliphatic carbocycles. The molecule has 35 heavy (non-hydrogen) atoms. The second-order valence-electron chi connectivity index (χ2n) is 8.77. The van der Waals surface area contributed by atoms with E-state index in [1.807, 2.05) is 13.0 Å². The fourth-order valence-corrected chi connectivity index (χ4v) is 5.63. The second kappa shape index (κ2) is 12.2. The molecule has 0 unspecified atom stereocenters. The summed E-state index contributed by atoms with van der Waals surface area (Å²) in [7, 11) is -3.77. The average molecular weight is 585 g/mol. The van der Waals surface area contributed by atoms with Crippen molar-refractivity contribution < 1.29 is 18.0 Å². The summed E-state index contributed by atoms with van der Waals surface area (Å²) in [6.07, 6.45) is 5.43. The summed E-state index contributed by atoms with van der Waals surface area (Å²) in [5, 5.41) is 3.56. The fourth-order valence-electron chi connectivity index (χ4n) is 4.32. The van der Waals surface area contributed by atoms with Crippen molar-refractivity contribution in [3.63, 3.8) is 0 Å². The van der Waals surface area contributed by atoms with Crippen LogP contribution in [0.15, 0.2) is 53.0 Å². The lowest BCUT2D eigenvalue weighted by molar-refractivity contribution is -0.140. The Labute approximate surface area is 221 Å². The molecule has 0 bridgehead atoms. The van der Waals surface area contributed by atoms with E-state index < -0.39 is 28.5 Å². The largest absolute Gasteiger partial charge is 0.352 e. The Kier molecular flexibility index (Phi) is 9.61. The fraction of sp³-hybridized carbons (Fsp3) is 0.440. The standard InChI is InChI=1S/C25H31BrClN3O4S/c1-3-23(25(32)28-20-9-5-6-10-20)29(16-18-8-4-7-11-22(18)27)24(31)17-30(35(2,33)34)21-14-12-19(26)13-15-21/h4,7-8,11-15,20,23H,3,5-6,9-10,16-17H2,1-2H3,(H,28,32)/t23-/m0/s1. The van der Waals surface area contributed by atoms with Gasteiger partial charge in [-0.1, -0.05) is 65.5 Å². The number of carbonyl (C=O) groups is 2. The van der Waals surface area contributed by atoms with Crippen molar-refractivity contribution in [1.29, 1.82) is 0 Å². The minimum Gasteiger partial charge on any atom is -0.352 e. The summed E-state index contributed by atoms with van der Waals surface area (Å²) in [5.74, 6) is -0.707. The molecule has 0 aliphatic heterocycles. The first-order chi connectivity index (χ1) is 16.6. The number of nitrogens with zero attached hydrogens (tertiary/aromatic N) is 2. The highest BCUT2D eigenvalue weighted by molar-refractivity contribution is 9.10. The normalized spacial score (nSPS) is 15.0. The van der Waals surface area contributed by atoms with E-state index in [0.29, 0.717) is 22.7 Å². The molecule has 7 nitrogen and oxygen atoms in total. The molecule has 1 fully saturated rings. The SMILES string of the molecule is CC[C@@H](C(=O)NC1CCCC1)N(Cc1ccccc1Cl)C(=O)CN(c1ccc(Br)cc1)S(C)(=O)=O. The molecule has 3 rings (SSSR count). The maximum absolute atomic E-state index is 13.7. The van der Waals surface area contributed by atoms with Crippen LogP contribution in [0.1, 0.15) is 44.6 Å². The summed E-state index contributed by atoms with van der Waals surface area (Å²) in [6, 6.07) is 13.1. The van der Waals surface area contributed by atoms with Crippen LogP contribution >= 0.6 is 27.5 Å². The van der Waals surface area contributed by atoms with Gasteiger partial charge in [0.1, 0.15) is 12.6 Å². The molecular formula is C25H31BrClN3O4S. The molecule has 0 spiro atoms. The molecule has 1 saturated carbocycles. The highest BCUT2D eigenvalue weighted by Crippen LogP contribution is 2.24. The highest BCUT2D eigenvalue weighted by Gasteiger charge is 2.33. The van der Waals surface area contributed by atoms with Crippen molar-refractivity contribution in [3.8, 4) is 0 Å². The zero-order chi connectivity index (χ0) is 25.6. The van der Waals surface area contributed by atoms with Gasteiger partial charge in [-0.15, -0.1) is 0 Å². The molecule has 1 N–H and O–H groups in total. The quantitative estimate of drug-likeness (QED) is 0.437. The Morgan fingerprint density at radius 1 is 1.11 bits per heavy atom. The number of carbonyl (C=O) groups excluding carboxylic acids is 2. The van der Waals surface area contributed by atoms with Crippen molar-refractivity contribution in [2.45, 2.75) is 57.7 Å². The van der Waals surface area contributed by atoms with Gasteiger partial charge in [0.25, 0.3) is 0 Å². The molecule has 1 atom stereocenters. The van der Waals surface area contributed by atoms with Crippen LogP contribution in [0.4, 0.5) is 5.69 Å². The minimum absolute atomic E-state index is 0.0903. The number of amides is 2. The molecule has 1 aliphatic rings. The van der Waals surface area contributed by atoms with Gasteiger partial charge < -0.3 is 10.2 Å². The van der Waals surface area contributed by atoms with Crippen molar-refractivity contribution in [2.75, 3.05) is 17.1 Å². The number of nitrogens with one attached hydrogen (secondary N) is 1. The van der Waals surface area contributed by atoms with Crippen LogP contribution in [-0.2, 0) is 26.2 Å². The van der Waals surface area contributed by atoms with Crippen molar-refractivity contribution in [1.82, 2.24) is 10.2 Å². The Morgan fingerprint density at radius 3 is 2.31 bits per heavy atom. The van der Waals surface area contributed by atoms with Gasteiger partial charge >= 0.3 is 0 Å². The van der Waals surface area contributed by atoms with Crippen LogP contribution in [0, 0.1) is 0 Å². The molecule has 0 aromatic heterocycles. The molecule has 10 heteroatoms. The molecule has 0 heterocycles. The summed E-state index contributed by atoms with van der Waals surface area (Å²) < 4.78 is 27.1. The predicted octanol–water partition coefficient (Wildman–Crippen LogP) is 4.73. The number of rotatable bonds is 10. The van der Waals surface area contributed by atoms with Crippen LogP contribution in [0.2, 0.25) is 5.02 Å². The number of benzene rings is 2. The third-order valence-corrected chi connectivity index (χ3v) is 8.22. The lowest BCUT2D eigenvalue weighted by Crippen LogP contribution is -2.53. The Balaban J connectivity index is 1.92. The maximum atomic E-state index is 13.7. The Morgan fingerprint density at radius 2 is 1.74 bits per heavy atom. The van der Waals surface area contributed by atoms with E-state index in [0.717, 1.165) is 40.7 Å². The highest BCUT2D eigenvalue weighted by atomic mass is 79.9. The van der Waals surface area contributed by atoms with E-state index in [9.17, 15) is 18.0 Å². The second-order valence-corrected chi connectivity index (χ2v) is 12.0. The summed E-state index contributed by atoms with van der Waals surface area (Å²) in [4.78, 5) is 28.4. The van der Waals surface area contributed by atoms with E-state index in [1.54, 1.807) is 42.5 Å². The summed E-state index contributed by atoms with van der Waals surface area (Å²) >= 11 is 9.72. The van der Waals surface area contributed by atoms with Crippen molar-refractivity contribution >= 4 is 55.1 Å². The lowest BCUT2D eigenvalue weighted by Gasteiger charge is -2.33. The first-order valence-electron chi connectivity index (χ1n) is 11.7. The van der Waals surface area contributed by atoms with Crippen LogP contribution in [0.5, 0.6) is 0 Å². The third-order valence-electron chi connectivity index (χ3n) is 6.18. The minimum atomic E-state index is -3.77. The van der Waals surface area contributed by atoms with Gasteiger partial charge in [-0.25, -0.2) is 8.42 Å². The maximum Gasteiger partial charge on any atom is 0.244 e. The average Bonchev–Trinajstić information content (AvgIpc) is 3.31. The van der Waals surface area contributed by atoms with Gasteiger partial charge in [-0.2, -0.15) is 0 Å². The summed E-state index contributed by atoms with van der Waals surface area (Å²) in [6.45, 7) is 1.50. The van der Waals surface area contributed by atoms with Crippen molar-refractivity contribution in [3.05, 3.63) is 63.6 Å². The van der Waals surface area contributed by atoms with E-state index >= 15 is 0 Å². The topological polar surface area (TPSA) is 86.8 Å². The molecule has 0 saturated heterocycles. The van der Waals surface area contributed by atoms with Crippen LogP contribution in [0.25, 0.3) is 0 Å². The Hall–Kier alpha value is -2.10. The van der Waals surface area contributed by atoms with Crippen LogP contribution in [0.3, 0.4) is 0 Å². The van der Waals surface area contributed by atoms with Gasteiger partial charge in [0, 0.05) is 22.1 Å². The number of sulfonamides is 1. The number of hydrogen-bond donors (Lipinski definition) is 1. The molecule has 190 valence electrons. The first-order valence-corrected chi connectivity index (χ1v) is 14.7. The number of halogens is 2. The van der Waals surface area contributed by atoms with Gasteiger partial charge in [0.2, 0.25) is 21.8 Å². The zero-order valence-electron chi connectivity index (χ0n) is 19.9. The molecular weight excluding hydrogens is 554 g/mol. The van der Waals surface area contributed by atoms with E-state index in [2.05, 4.69) is 21.2 Å². The predicted molar refractivity (Wildman–Crippen MR) is 143 cm³/mol. The van der Waals surface area contributed by atoms with E-state index in [1.165, 1.54) is 4.90 Å². The Bertz CT molecular complexity index is 1140. The molecule has 2 amide bonds. The zero-order valence-corrected chi connectivity index (χ0v) is 23.1. The van der Waals surface area contributed by atoms with Gasteiger partial charge in [-0.05, 0) is 55.2 Å². The molecule has 0 radical (unpaired) electrons. The van der Waals surface area contributed by atoms with Crippen molar-refractivity contribution in [2.24, 2.45) is 0 Å². The number of anilines is 1. The third kappa shape index (κ3) is 7.44. The van der Waals surface area contributed by atoms with Gasteiger partial charge in [-0.3, -0.25) is 13.9 Å². The van der Waals surface area contributed by atoms with Crippen LogP contribution < -0.4 is 9.62 Å². The van der Waals surface area contributed by atoms with E-state index in [4.69, 9.17) is 11.6 Å². The van der Waals surface area contributed by atoms with E-state index in [-0.39, 0.29) is 18.5 Å².